The summed E-state index contributed by atoms with van der Waals surface area (Å²) in [5.41, 5.74) is 1.43. The first kappa shape index (κ1) is 15.3. The maximum absolute atomic E-state index is 12.8. The number of benzene rings is 1. The van der Waals surface area contributed by atoms with E-state index in [1.54, 1.807) is 17.6 Å². The third kappa shape index (κ3) is 2.82. The van der Waals surface area contributed by atoms with Gasteiger partial charge in [0.1, 0.15) is 9.73 Å². The Morgan fingerprint density at radius 2 is 1.90 bits per heavy atom. The molecule has 0 saturated heterocycles. The fraction of sp³-hybridized carbons (Fsp3) is 0.364. The molecular formula is C11H14ClN3O3S2. The van der Waals surface area contributed by atoms with E-state index in [1.807, 2.05) is 25.1 Å². The van der Waals surface area contributed by atoms with E-state index in [1.165, 1.54) is 0 Å². The van der Waals surface area contributed by atoms with Crippen molar-refractivity contribution in [2.75, 3.05) is 5.75 Å². The molecule has 0 aliphatic carbocycles. The monoisotopic (exact) mass is 335 g/mol. The Labute approximate surface area is 122 Å². The zero-order valence-corrected chi connectivity index (χ0v) is 13.4. The van der Waals surface area contributed by atoms with E-state index in [2.05, 4.69) is 8.75 Å². The van der Waals surface area contributed by atoms with Gasteiger partial charge in [-0.05, 0) is 19.1 Å². The number of rotatable bonds is 4. The van der Waals surface area contributed by atoms with Crippen LogP contribution in [0.1, 0.15) is 13.8 Å². The SMILES string of the molecule is CCn1c([S@](=O)(CC)=NS(=O)(=O)Cl)nc2ccccc21. The highest BCUT2D eigenvalue weighted by atomic mass is 35.7. The Hall–Kier alpha value is -1.12. The first-order valence-electron chi connectivity index (χ1n) is 5.96. The predicted octanol–water partition coefficient (Wildman–Crippen LogP) is 2.39. The second-order valence-corrected chi connectivity index (χ2v) is 8.86. The summed E-state index contributed by atoms with van der Waals surface area (Å²) >= 11 is 0. The molecule has 1 aromatic carbocycles. The first-order valence-corrected chi connectivity index (χ1v) is 9.91. The van der Waals surface area contributed by atoms with Gasteiger partial charge in [-0.1, -0.05) is 22.8 Å². The van der Waals surface area contributed by atoms with Gasteiger partial charge >= 0.3 is 9.24 Å². The molecule has 0 bridgehead atoms. The van der Waals surface area contributed by atoms with Crippen molar-refractivity contribution < 1.29 is 12.6 Å². The van der Waals surface area contributed by atoms with E-state index < -0.39 is 19.0 Å². The van der Waals surface area contributed by atoms with E-state index >= 15 is 0 Å². The maximum Gasteiger partial charge on any atom is 0.347 e. The zero-order valence-electron chi connectivity index (χ0n) is 11.0. The normalized spacial score (nSPS) is 15.2. The number of nitrogens with zero attached hydrogens (tertiary/aromatic N) is 3. The van der Waals surface area contributed by atoms with E-state index in [4.69, 9.17) is 10.7 Å². The second-order valence-electron chi connectivity index (χ2n) is 4.04. The Kier molecular flexibility index (Phi) is 4.08. The van der Waals surface area contributed by atoms with Crippen LogP contribution in [0.15, 0.2) is 33.2 Å². The van der Waals surface area contributed by atoms with Crippen molar-refractivity contribution in [3.63, 3.8) is 0 Å². The third-order valence-electron chi connectivity index (χ3n) is 2.82. The first-order chi connectivity index (χ1) is 9.30. The fourth-order valence-corrected chi connectivity index (χ4v) is 5.69. The lowest BCUT2D eigenvalue weighted by Crippen LogP contribution is -2.13. The molecule has 20 heavy (non-hydrogen) atoms. The molecule has 1 aromatic heterocycles. The summed E-state index contributed by atoms with van der Waals surface area (Å²) in [7, 11) is -2.32. The molecule has 0 spiro atoms. The van der Waals surface area contributed by atoms with Crippen molar-refractivity contribution in [1.82, 2.24) is 9.55 Å². The molecule has 0 aliphatic heterocycles. The molecule has 0 saturated carbocycles. The number of hydrogen-bond acceptors (Lipinski definition) is 4. The largest absolute Gasteiger partial charge is 0.347 e. The smallest absolute Gasteiger partial charge is 0.316 e. The van der Waals surface area contributed by atoms with Gasteiger partial charge in [0.2, 0.25) is 5.16 Å². The highest BCUT2D eigenvalue weighted by Gasteiger charge is 2.22. The van der Waals surface area contributed by atoms with E-state index in [0.29, 0.717) is 12.1 Å². The van der Waals surface area contributed by atoms with Gasteiger partial charge < -0.3 is 4.57 Å². The number of fused-ring (bicyclic) bond motifs is 1. The molecule has 0 radical (unpaired) electrons. The van der Waals surface area contributed by atoms with Crippen LogP contribution in [0.2, 0.25) is 0 Å². The van der Waals surface area contributed by atoms with Crippen LogP contribution in [0.3, 0.4) is 0 Å². The topological polar surface area (TPSA) is 81.4 Å². The lowest BCUT2D eigenvalue weighted by atomic mass is 10.3. The quantitative estimate of drug-likeness (QED) is 0.803. The van der Waals surface area contributed by atoms with Crippen molar-refractivity contribution in [3.05, 3.63) is 24.3 Å². The molecule has 2 rings (SSSR count). The predicted molar refractivity (Wildman–Crippen MR) is 79.6 cm³/mol. The summed E-state index contributed by atoms with van der Waals surface area (Å²) in [6.45, 7) is 3.96. The minimum absolute atomic E-state index is 0.0161. The van der Waals surface area contributed by atoms with Crippen LogP contribution < -0.4 is 0 Å². The van der Waals surface area contributed by atoms with Crippen molar-refractivity contribution in [1.29, 1.82) is 0 Å². The van der Waals surface area contributed by atoms with Gasteiger partial charge in [-0.25, -0.2) is 9.19 Å². The summed E-state index contributed by atoms with van der Waals surface area (Å²) in [4.78, 5) is 4.28. The molecule has 0 fully saturated rings. The summed E-state index contributed by atoms with van der Waals surface area (Å²) in [6, 6.07) is 7.25. The molecule has 0 unspecified atom stereocenters. The number of hydrogen-bond donors (Lipinski definition) is 0. The van der Waals surface area contributed by atoms with Gasteiger partial charge in [0.05, 0.1) is 11.0 Å². The van der Waals surface area contributed by atoms with Crippen LogP contribution in [0.25, 0.3) is 11.0 Å². The average molecular weight is 336 g/mol. The number of aromatic nitrogens is 2. The second kappa shape index (κ2) is 5.34. The zero-order chi connectivity index (χ0) is 15.0. The highest BCUT2D eigenvalue weighted by Crippen LogP contribution is 2.23. The van der Waals surface area contributed by atoms with Gasteiger partial charge in [0, 0.05) is 23.0 Å². The molecule has 110 valence electrons. The van der Waals surface area contributed by atoms with Crippen LogP contribution in [0.4, 0.5) is 0 Å². The lowest BCUT2D eigenvalue weighted by Gasteiger charge is -2.08. The molecule has 0 N–H and O–H groups in total. The summed E-state index contributed by atoms with van der Waals surface area (Å²) < 4.78 is 40.2. The summed E-state index contributed by atoms with van der Waals surface area (Å²) in [5, 5.41) is 0.146. The van der Waals surface area contributed by atoms with Crippen molar-refractivity contribution in [2.24, 2.45) is 3.77 Å². The van der Waals surface area contributed by atoms with E-state index in [9.17, 15) is 12.6 Å². The van der Waals surface area contributed by atoms with Gasteiger partial charge in [-0.3, -0.25) is 0 Å². The third-order valence-corrected chi connectivity index (χ3v) is 6.67. The van der Waals surface area contributed by atoms with Crippen LogP contribution >= 0.6 is 10.7 Å². The molecule has 9 heteroatoms. The van der Waals surface area contributed by atoms with Crippen LogP contribution in [0.5, 0.6) is 0 Å². The number of para-hydroxylation sites is 2. The summed E-state index contributed by atoms with van der Waals surface area (Å²) in [6.07, 6.45) is 0. The van der Waals surface area contributed by atoms with Crippen LogP contribution in [-0.4, -0.2) is 27.9 Å². The maximum atomic E-state index is 12.8. The Balaban J connectivity index is 2.87. The van der Waals surface area contributed by atoms with Gasteiger partial charge in [0.15, 0.2) is 0 Å². The molecule has 2 aromatic rings. The summed E-state index contributed by atoms with van der Waals surface area (Å²) in [5.74, 6) is 0.0161. The molecule has 6 nitrogen and oxygen atoms in total. The van der Waals surface area contributed by atoms with E-state index in [-0.39, 0.29) is 10.9 Å². The van der Waals surface area contributed by atoms with Crippen molar-refractivity contribution in [2.45, 2.75) is 25.5 Å². The average Bonchev–Trinajstić information content (AvgIpc) is 2.75. The Morgan fingerprint density at radius 3 is 2.45 bits per heavy atom. The minimum atomic E-state index is -4.24. The number of aryl methyl sites for hydroxylation is 1. The molecule has 0 amide bonds. The standard InChI is InChI=1S/C11H14ClN3O3S2/c1-3-15-10-8-6-5-7-9(10)13-11(15)19(16,4-2)14-20(12,17)18/h5-8H,3-4H2,1-2H3/t19-/m1/s1. The van der Waals surface area contributed by atoms with Gasteiger partial charge in [-0.2, -0.15) is 8.42 Å². The number of halogens is 1. The minimum Gasteiger partial charge on any atom is -0.316 e. The van der Waals surface area contributed by atoms with Crippen molar-refractivity contribution >= 4 is 40.7 Å². The Bertz CT molecular complexity index is 864. The van der Waals surface area contributed by atoms with Gasteiger partial charge in [-0.15, -0.1) is 0 Å². The van der Waals surface area contributed by atoms with Crippen molar-refractivity contribution in [3.8, 4) is 0 Å². The Morgan fingerprint density at radius 1 is 1.25 bits per heavy atom. The lowest BCUT2D eigenvalue weighted by molar-refractivity contribution is 0.610. The highest BCUT2D eigenvalue weighted by molar-refractivity contribution is 8.17. The van der Waals surface area contributed by atoms with Crippen LogP contribution in [0, 0.1) is 0 Å². The fourth-order valence-electron chi connectivity index (χ4n) is 1.96. The molecule has 1 heterocycles. The van der Waals surface area contributed by atoms with Gasteiger partial charge in [0.25, 0.3) is 0 Å². The molecule has 1 atom stereocenters. The van der Waals surface area contributed by atoms with Crippen LogP contribution in [-0.2, 0) is 25.5 Å². The molecular weight excluding hydrogens is 322 g/mol. The number of imidazole rings is 1. The molecule has 0 aliphatic rings. The van der Waals surface area contributed by atoms with E-state index in [0.717, 1.165) is 5.52 Å².